The molecule has 1 amide bonds. The number of hydrogen-bond acceptors (Lipinski definition) is 5. The fourth-order valence-corrected chi connectivity index (χ4v) is 2.84. The molecule has 0 aliphatic carbocycles. The minimum absolute atomic E-state index is 0.241. The van der Waals surface area contributed by atoms with Gasteiger partial charge in [-0.3, -0.25) is 14.9 Å². The van der Waals surface area contributed by atoms with Gasteiger partial charge in [-0.05, 0) is 61.4 Å². The molecule has 0 fully saturated rings. The molecular formula is C20H16N4O4. The van der Waals surface area contributed by atoms with E-state index < -0.39 is 4.92 Å². The van der Waals surface area contributed by atoms with Gasteiger partial charge < -0.3 is 14.7 Å². The van der Waals surface area contributed by atoms with Crippen LogP contribution in [0.4, 0.5) is 11.6 Å². The maximum atomic E-state index is 12.6. The number of imidazole rings is 1. The van der Waals surface area contributed by atoms with E-state index in [-0.39, 0.29) is 17.6 Å². The zero-order chi connectivity index (χ0) is 19.8. The van der Waals surface area contributed by atoms with E-state index >= 15 is 0 Å². The standard InChI is InChI=1S/C20H16N4O4/c1-11-3-5-14(9-12(11)2)21-20(25)13-4-6-15-16(10-13)23-19(22-15)17-7-8-18(28-17)24(26)27/h3-10H,1-2H3,(H,21,25)(H,22,23). The Bertz CT molecular complexity index is 1220. The molecule has 2 N–H and O–H groups in total. The molecule has 2 aromatic heterocycles. The van der Waals surface area contributed by atoms with E-state index in [1.54, 1.807) is 18.2 Å². The molecule has 0 radical (unpaired) electrons. The van der Waals surface area contributed by atoms with E-state index in [0.717, 1.165) is 16.8 Å². The predicted molar refractivity (Wildman–Crippen MR) is 104 cm³/mol. The minimum atomic E-state index is -0.610. The zero-order valence-electron chi connectivity index (χ0n) is 15.1. The van der Waals surface area contributed by atoms with Crippen LogP contribution in [0.2, 0.25) is 0 Å². The van der Waals surface area contributed by atoms with Crippen LogP contribution in [0.3, 0.4) is 0 Å². The SMILES string of the molecule is Cc1ccc(NC(=O)c2ccc3nc(-c4ccc([N+](=O)[O-])o4)[nH]c3c2)cc1C. The largest absolute Gasteiger partial charge is 0.433 e. The second-order valence-corrected chi connectivity index (χ2v) is 6.47. The number of rotatable bonds is 4. The van der Waals surface area contributed by atoms with Gasteiger partial charge in [0, 0.05) is 11.3 Å². The lowest BCUT2D eigenvalue weighted by atomic mass is 10.1. The van der Waals surface area contributed by atoms with Crippen LogP contribution in [0.5, 0.6) is 0 Å². The summed E-state index contributed by atoms with van der Waals surface area (Å²) in [5.41, 5.74) is 4.69. The van der Waals surface area contributed by atoms with Crippen molar-refractivity contribution >= 4 is 28.5 Å². The molecular weight excluding hydrogens is 360 g/mol. The second kappa shape index (κ2) is 6.66. The van der Waals surface area contributed by atoms with Crippen molar-refractivity contribution in [3.05, 3.63) is 75.3 Å². The van der Waals surface area contributed by atoms with E-state index in [2.05, 4.69) is 15.3 Å². The van der Waals surface area contributed by atoms with E-state index in [1.165, 1.54) is 12.1 Å². The minimum Gasteiger partial charge on any atom is -0.397 e. The highest BCUT2D eigenvalue weighted by molar-refractivity contribution is 6.06. The molecule has 8 nitrogen and oxygen atoms in total. The highest BCUT2D eigenvalue weighted by Crippen LogP contribution is 2.26. The van der Waals surface area contributed by atoms with Crippen LogP contribution in [-0.4, -0.2) is 20.8 Å². The lowest BCUT2D eigenvalue weighted by Gasteiger charge is -2.07. The van der Waals surface area contributed by atoms with Crippen molar-refractivity contribution in [3.63, 3.8) is 0 Å². The van der Waals surface area contributed by atoms with E-state index in [4.69, 9.17) is 4.42 Å². The van der Waals surface area contributed by atoms with Crippen LogP contribution in [-0.2, 0) is 0 Å². The number of amides is 1. The first-order valence-corrected chi connectivity index (χ1v) is 8.54. The first-order chi connectivity index (χ1) is 13.4. The number of furan rings is 1. The average molecular weight is 376 g/mol. The van der Waals surface area contributed by atoms with Gasteiger partial charge in [-0.2, -0.15) is 0 Å². The third-order valence-electron chi connectivity index (χ3n) is 4.51. The molecule has 140 valence electrons. The van der Waals surface area contributed by atoms with Crippen LogP contribution in [0, 0.1) is 24.0 Å². The van der Waals surface area contributed by atoms with E-state index in [0.29, 0.717) is 22.4 Å². The summed E-state index contributed by atoms with van der Waals surface area (Å²) >= 11 is 0. The summed E-state index contributed by atoms with van der Waals surface area (Å²) in [5, 5.41) is 13.6. The Morgan fingerprint density at radius 1 is 1.11 bits per heavy atom. The number of anilines is 1. The van der Waals surface area contributed by atoms with Gasteiger partial charge in [-0.15, -0.1) is 0 Å². The third kappa shape index (κ3) is 3.23. The molecule has 0 aliphatic heterocycles. The number of nitrogens with zero attached hydrogens (tertiary/aromatic N) is 2. The fraction of sp³-hybridized carbons (Fsp3) is 0.100. The number of nitro groups is 1. The Kier molecular flexibility index (Phi) is 4.15. The van der Waals surface area contributed by atoms with Crippen LogP contribution in [0.1, 0.15) is 21.5 Å². The fourth-order valence-electron chi connectivity index (χ4n) is 2.84. The first kappa shape index (κ1) is 17.5. The molecule has 0 atom stereocenters. The summed E-state index contributed by atoms with van der Waals surface area (Å²) in [6, 6.07) is 13.5. The van der Waals surface area contributed by atoms with Gasteiger partial charge in [-0.1, -0.05) is 6.07 Å². The molecule has 0 bridgehead atoms. The van der Waals surface area contributed by atoms with Crippen LogP contribution in [0.25, 0.3) is 22.6 Å². The van der Waals surface area contributed by atoms with Gasteiger partial charge >= 0.3 is 5.88 Å². The predicted octanol–water partition coefficient (Wildman–Crippen LogP) is 4.60. The molecule has 0 spiro atoms. The lowest BCUT2D eigenvalue weighted by molar-refractivity contribution is -0.401. The van der Waals surface area contributed by atoms with Crippen molar-refractivity contribution < 1.29 is 14.1 Å². The summed E-state index contributed by atoms with van der Waals surface area (Å²) in [6.07, 6.45) is 0. The van der Waals surface area contributed by atoms with Gasteiger partial charge in [0.05, 0.1) is 17.1 Å². The van der Waals surface area contributed by atoms with Gasteiger partial charge in [0.2, 0.25) is 0 Å². The van der Waals surface area contributed by atoms with Gasteiger partial charge in [-0.25, -0.2) is 4.98 Å². The van der Waals surface area contributed by atoms with Crippen LogP contribution < -0.4 is 5.32 Å². The second-order valence-electron chi connectivity index (χ2n) is 6.47. The molecule has 4 aromatic rings. The molecule has 0 saturated carbocycles. The maximum Gasteiger partial charge on any atom is 0.433 e. The Morgan fingerprint density at radius 2 is 1.93 bits per heavy atom. The summed E-state index contributed by atoms with van der Waals surface area (Å²) in [5.74, 6) is 0.0118. The molecule has 2 heterocycles. The summed E-state index contributed by atoms with van der Waals surface area (Å²) in [6.45, 7) is 4.00. The molecule has 4 rings (SSSR count). The normalized spacial score (nSPS) is 10.9. The summed E-state index contributed by atoms with van der Waals surface area (Å²) in [7, 11) is 0. The molecule has 0 unspecified atom stereocenters. The van der Waals surface area contributed by atoms with Crippen molar-refractivity contribution in [1.29, 1.82) is 0 Å². The van der Waals surface area contributed by atoms with Crippen molar-refractivity contribution in [2.75, 3.05) is 5.32 Å². The number of hydrogen-bond donors (Lipinski definition) is 2. The highest BCUT2D eigenvalue weighted by Gasteiger charge is 2.16. The molecule has 0 saturated heterocycles. The van der Waals surface area contributed by atoms with Gasteiger partial charge in [0.1, 0.15) is 4.92 Å². The lowest BCUT2D eigenvalue weighted by Crippen LogP contribution is -2.11. The highest BCUT2D eigenvalue weighted by atomic mass is 16.6. The van der Waals surface area contributed by atoms with Gasteiger partial charge in [0.15, 0.2) is 11.6 Å². The third-order valence-corrected chi connectivity index (χ3v) is 4.51. The van der Waals surface area contributed by atoms with E-state index in [1.807, 2.05) is 32.0 Å². The molecule has 2 aromatic carbocycles. The monoisotopic (exact) mass is 376 g/mol. The summed E-state index contributed by atoms with van der Waals surface area (Å²) in [4.78, 5) is 30.1. The van der Waals surface area contributed by atoms with Crippen molar-refractivity contribution in [1.82, 2.24) is 9.97 Å². The number of aromatic nitrogens is 2. The number of carbonyl (C=O) groups is 1. The zero-order valence-corrected chi connectivity index (χ0v) is 15.1. The smallest absolute Gasteiger partial charge is 0.397 e. The van der Waals surface area contributed by atoms with Crippen LogP contribution >= 0.6 is 0 Å². The number of benzene rings is 2. The number of H-pyrrole nitrogens is 1. The average Bonchev–Trinajstić information content (AvgIpc) is 3.30. The Labute approximate surface area is 159 Å². The van der Waals surface area contributed by atoms with Crippen molar-refractivity contribution in [2.24, 2.45) is 0 Å². The maximum absolute atomic E-state index is 12.6. The number of nitrogens with one attached hydrogen (secondary N) is 2. The molecule has 0 aliphatic rings. The van der Waals surface area contributed by atoms with Gasteiger partial charge in [0.25, 0.3) is 5.91 Å². The Morgan fingerprint density at radius 3 is 2.64 bits per heavy atom. The Hall–Kier alpha value is -3.94. The number of carbonyl (C=O) groups excluding carboxylic acids is 1. The molecule has 8 heteroatoms. The van der Waals surface area contributed by atoms with Crippen molar-refractivity contribution in [3.8, 4) is 11.6 Å². The van der Waals surface area contributed by atoms with Crippen molar-refractivity contribution in [2.45, 2.75) is 13.8 Å². The number of fused-ring (bicyclic) bond motifs is 1. The van der Waals surface area contributed by atoms with Crippen LogP contribution in [0.15, 0.2) is 52.9 Å². The Balaban J connectivity index is 1.60. The number of aromatic amines is 1. The quantitative estimate of drug-likeness (QED) is 0.399. The first-order valence-electron chi connectivity index (χ1n) is 8.54. The topological polar surface area (TPSA) is 114 Å². The summed E-state index contributed by atoms with van der Waals surface area (Å²) < 4.78 is 5.17. The molecule has 28 heavy (non-hydrogen) atoms. The van der Waals surface area contributed by atoms with E-state index in [9.17, 15) is 14.9 Å². The number of aryl methyl sites for hydroxylation is 2.